The summed E-state index contributed by atoms with van der Waals surface area (Å²) >= 11 is 0. The predicted molar refractivity (Wildman–Crippen MR) is 161 cm³/mol. The standard InChI is InChI=1S/C32H38N4O4S/c1-35-20-22-36(23-21-35)32(38)34-30(25-27-13-7-3-8-14-27)31(37)33-28(18-17-26-11-5-2-6-12-26)19-24-41(39,40)29-15-9-4-10-16-29/h2-16,19,24,28,30H,17-18,20-23,25H2,1H3,(H,33,37)(H,34,38)/b24-19+/t28-,30-/m0/s1/i3+2,7+2,8+2,13+2,14+2,25+2,27+2,30+2,31+2. The Labute approximate surface area is 243 Å². The van der Waals surface area contributed by atoms with Crippen LogP contribution in [0.4, 0.5) is 4.79 Å². The number of aryl methyl sites for hydroxylation is 1. The molecule has 1 heterocycles. The van der Waals surface area contributed by atoms with Gasteiger partial charge in [0.2, 0.25) is 5.91 Å². The number of carbonyl (C=O) groups excluding carboxylic acids is 2. The van der Waals surface area contributed by atoms with Crippen LogP contribution in [0.3, 0.4) is 0 Å². The number of hydrogen-bond donors (Lipinski definition) is 2. The molecule has 0 bridgehead atoms. The SMILES string of the molecule is CN1CCN(C(=O)N[14C@@H]([14CH2][14c]2[14cH][14cH][14cH][14cH][14cH]2)[14C](=O)N[C@H](/C=C/S(=O)(=O)c2ccccc2)CCc2ccccc2)CC1. The van der Waals surface area contributed by atoms with Gasteiger partial charge in [0.25, 0.3) is 0 Å². The van der Waals surface area contributed by atoms with Crippen LogP contribution in [-0.2, 0) is 27.5 Å². The second kappa shape index (κ2) is 14.6. The van der Waals surface area contributed by atoms with E-state index in [1.807, 2.05) is 67.7 Å². The van der Waals surface area contributed by atoms with E-state index in [0.717, 1.165) is 29.6 Å². The smallest absolute Gasteiger partial charge is 0.318 e. The van der Waals surface area contributed by atoms with Crippen LogP contribution in [0.15, 0.2) is 107 Å². The zero-order chi connectivity index (χ0) is 29.1. The number of carbonyl (C=O) groups is 2. The number of amides is 3. The first-order valence-electron chi connectivity index (χ1n) is 13.9. The van der Waals surface area contributed by atoms with Gasteiger partial charge in [-0.25, -0.2) is 13.2 Å². The average molecular weight is 593 g/mol. The number of benzene rings is 3. The minimum atomic E-state index is -3.69. The number of likely N-dealkylation sites (N-methyl/N-ethyl adjacent to an activating group) is 1. The van der Waals surface area contributed by atoms with Gasteiger partial charge in [0.15, 0.2) is 9.84 Å². The fraction of sp³-hybridized carbons (Fsp3) is 0.312. The van der Waals surface area contributed by atoms with E-state index in [0.29, 0.717) is 32.4 Å². The van der Waals surface area contributed by atoms with Crippen molar-refractivity contribution in [3.05, 3.63) is 114 Å². The molecule has 4 rings (SSSR count). The molecule has 0 aromatic heterocycles. The molecule has 8 nitrogen and oxygen atoms in total. The third-order valence-corrected chi connectivity index (χ3v) is 8.61. The lowest BCUT2D eigenvalue weighted by Gasteiger charge is -2.33. The zero-order valence-electron chi connectivity index (χ0n) is 23.4. The molecule has 3 aromatic rings. The Morgan fingerprint density at radius 2 is 1.68 bits per heavy atom. The maximum atomic E-state index is 13.7. The molecule has 41 heavy (non-hydrogen) atoms. The first kappa shape index (κ1) is 30.0. The van der Waals surface area contributed by atoms with Gasteiger partial charge in [0.1, 0.15) is 6.04 Å². The molecule has 3 amide bonds. The summed E-state index contributed by atoms with van der Waals surface area (Å²) in [5.41, 5.74) is 1.99. The van der Waals surface area contributed by atoms with E-state index in [2.05, 4.69) is 15.5 Å². The van der Waals surface area contributed by atoms with E-state index >= 15 is 0 Å². The Morgan fingerprint density at radius 1 is 1.05 bits per heavy atom. The van der Waals surface area contributed by atoms with Crippen molar-refractivity contribution in [3.8, 4) is 0 Å². The predicted octanol–water partition coefficient (Wildman–Crippen LogP) is 3.66. The van der Waals surface area contributed by atoms with Gasteiger partial charge < -0.3 is 20.4 Å². The molecule has 1 fully saturated rings. The van der Waals surface area contributed by atoms with Gasteiger partial charge in [-0.05, 0) is 43.1 Å². The van der Waals surface area contributed by atoms with Gasteiger partial charge in [0.05, 0.1) is 4.90 Å². The molecule has 1 saturated heterocycles. The van der Waals surface area contributed by atoms with Gasteiger partial charge in [0, 0.05) is 44.0 Å². The van der Waals surface area contributed by atoms with Crippen molar-refractivity contribution < 1.29 is 18.0 Å². The van der Waals surface area contributed by atoms with Crippen LogP contribution in [0.5, 0.6) is 0 Å². The Morgan fingerprint density at radius 3 is 2.34 bits per heavy atom. The van der Waals surface area contributed by atoms with Gasteiger partial charge in [-0.15, -0.1) is 0 Å². The fourth-order valence-corrected chi connectivity index (χ4v) is 5.75. The van der Waals surface area contributed by atoms with E-state index in [1.165, 1.54) is 6.08 Å². The van der Waals surface area contributed by atoms with E-state index < -0.39 is 21.9 Å². The summed E-state index contributed by atoms with van der Waals surface area (Å²) in [6.45, 7) is 2.71. The Bertz CT molecular complexity index is 1390. The second-order valence-corrected chi connectivity index (χ2v) is 12.1. The maximum Gasteiger partial charge on any atom is 0.318 e. The molecular formula is C32H38N4O4S. The molecule has 0 saturated carbocycles. The summed E-state index contributed by atoms with van der Waals surface area (Å²) in [6, 6.07) is 25.9. The molecule has 0 radical (unpaired) electrons. The lowest BCUT2D eigenvalue weighted by Crippen LogP contribution is -2.56. The van der Waals surface area contributed by atoms with Crippen LogP contribution in [0.1, 0.15) is 17.5 Å². The first-order valence-corrected chi connectivity index (χ1v) is 15.5. The Kier molecular flexibility index (Phi) is 10.7. The van der Waals surface area contributed by atoms with Crippen LogP contribution in [0.2, 0.25) is 0 Å². The van der Waals surface area contributed by atoms with Crippen LogP contribution in [0, 0.1) is 0 Å². The lowest BCUT2D eigenvalue weighted by molar-refractivity contribution is -0.123. The van der Waals surface area contributed by atoms with Crippen molar-refractivity contribution in [1.29, 1.82) is 0 Å². The second-order valence-electron chi connectivity index (χ2n) is 10.3. The third-order valence-electron chi connectivity index (χ3n) is 7.16. The lowest BCUT2D eigenvalue weighted by atomic mass is 10.1. The highest BCUT2D eigenvalue weighted by atomic mass is 32.2. The van der Waals surface area contributed by atoms with Gasteiger partial charge in [-0.2, -0.15) is 0 Å². The van der Waals surface area contributed by atoms with Gasteiger partial charge >= 0.3 is 6.03 Å². The number of urea groups is 1. The molecule has 9 heteroatoms. The highest BCUT2D eigenvalue weighted by Gasteiger charge is 2.27. The fourth-order valence-electron chi connectivity index (χ4n) is 4.66. The molecule has 2 atom stereocenters. The number of nitrogens with zero attached hydrogens (tertiary/aromatic N) is 2. The quantitative estimate of drug-likeness (QED) is 0.354. The molecular weight excluding hydrogens is 554 g/mol. The van der Waals surface area contributed by atoms with Crippen molar-refractivity contribution in [2.45, 2.75) is 36.2 Å². The number of piperazine rings is 1. The minimum absolute atomic E-state index is 0.186. The van der Waals surface area contributed by atoms with E-state index in [4.69, 9.17) is 0 Å². The van der Waals surface area contributed by atoms with Crippen molar-refractivity contribution in [3.63, 3.8) is 0 Å². The van der Waals surface area contributed by atoms with E-state index in [-0.39, 0.29) is 16.8 Å². The summed E-state index contributed by atoms with van der Waals surface area (Å²) in [4.78, 5) is 30.9. The van der Waals surface area contributed by atoms with Crippen LogP contribution >= 0.6 is 0 Å². The summed E-state index contributed by atoms with van der Waals surface area (Å²) in [5, 5.41) is 7.12. The normalized spacial score (nSPS) is 15.8. The van der Waals surface area contributed by atoms with Crippen LogP contribution in [0.25, 0.3) is 0 Å². The van der Waals surface area contributed by atoms with E-state index in [1.54, 1.807) is 35.2 Å². The molecule has 3 aromatic carbocycles. The van der Waals surface area contributed by atoms with Crippen molar-refractivity contribution in [2.24, 2.45) is 0 Å². The van der Waals surface area contributed by atoms with Gasteiger partial charge in [-0.1, -0.05) is 84.9 Å². The molecule has 2 N–H and O–H groups in total. The Hall–Kier alpha value is -3.95. The maximum absolute atomic E-state index is 13.7. The highest BCUT2D eigenvalue weighted by Crippen LogP contribution is 2.14. The molecule has 1 aliphatic heterocycles. The van der Waals surface area contributed by atoms with Crippen LogP contribution in [-0.4, -0.2) is 75.5 Å². The monoisotopic (exact) mass is 592 g/mol. The molecule has 0 unspecified atom stereocenters. The highest BCUT2D eigenvalue weighted by molar-refractivity contribution is 7.94. The molecule has 1 aliphatic rings. The van der Waals surface area contributed by atoms with Crippen molar-refractivity contribution in [1.82, 2.24) is 20.4 Å². The van der Waals surface area contributed by atoms with Crippen molar-refractivity contribution >= 4 is 21.8 Å². The summed E-state index contributed by atoms with van der Waals surface area (Å²) < 4.78 is 25.9. The van der Waals surface area contributed by atoms with Crippen LogP contribution < -0.4 is 10.6 Å². The first-order chi connectivity index (χ1) is 19.8. The van der Waals surface area contributed by atoms with Gasteiger partial charge in [-0.3, -0.25) is 4.79 Å². The van der Waals surface area contributed by atoms with Crippen molar-refractivity contribution in [2.75, 3.05) is 33.2 Å². The molecule has 0 spiro atoms. The Balaban J connectivity index is 1.52. The number of rotatable bonds is 11. The summed E-state index contributed by atoms with van der Waals surface area (Å²) in [7, 11) is -1.68. The number of hydrogen-bond acceptors (Lipinski definition) is 5. The summed E-state index contributed by atoms with van der Waals surface area (Å²) in [5.74, 6) is -0.365. The topological polar surface area (TPSA) is 98.8 Å². The number of sulfone groups is 1. The number of nitrogens with one attached hydrogen (secondary N) is 2. The van der Waals surface area contributed by atoms with E-state index in [9.17, 15) is 18.0 Å². The average Bonchev–Trinajstić information content (AvgIpc) is 3.00. The third kappa shape index (κ3) is 9.30. The molecule has 0 aliphatic carbocycles. The minimum Gasteiger partial charge on any atom is -0.348 e. The zero-order valence-corrected chi connectivity index (χ0v) is 24.2. The molecule has 216 valence electrons. The summed E-state index contributed by atoms with van der Waals surface area (Å²) in [6.07, 6.45) is 2.97. The largest absolute Gasteiger partial charge is 0.348 e.